The molecule has 0 saturated carbocycles. The van der Waals surface area contributed by atoms with E-state index in [1.54, 1.807) is 0 Å². The molecule has 1 aliphatic heterocycles. The molecule has 1 aliphatic rings. The minimum absolute atomic E-state index is 0.187. The lowest BCUT2D eigenvalue weighted by Crippen LogP contribution is -2.44. The zero-order valence-electron chi connectivity index (χ0n) is 12.6. The van der Waals surface area contributed by atoms with Gasteiger partial charge >= 0.3 is 5.69 Å². The number of rotatable bonds is 2. The van der Waals surface area contributed by atoms with Gasteiger partial charge in [-0.3, -0.25) is 13.9 Å². The van der Waals surface area contributed by atoms with Gasteiger partial charge in [0.25, 0.3) is 5.56 Å². The molecular formula is C13H21N3O4S. The van der Waals surface area contributed by atoms with Crippen LogP contribution in [0, 0.1) is 6.92 Å². The van der Waals surface area contributed by atoms with Gasteiger partial charge in [0, 0.05) is 32.9 Å². The van der Waals surface area contributed by atoms with E-state index in [1.807, 2.05) is 0 Å². The summed E-state index contributed by atoms with van der Waals surface area (Å²) >= 11 is 0. The van der Waals surface area contributed by atoms with E-state index in [2.05, 4.69) is 0 Å². The van der Waals surface area contributed by atoms with Crippen molar-refractivity contribution in [1.29, 1.82) is 0 Å². The van der Waals surface area contributed by atoms with E-state index in [0.29, 0.717) is 13.1 Å². The molecule has 1 saturated heterocycles. The van der Waals surface area contributed by atoms with Crippen LogP contribution in [0.25, 0.3) is 0 Å². The molecule has 0 radical (unpaired) electrons. The summed E-state index contributed by atoms with van der Waals surface area (Å²) < 4.78 is 29.0. The second-order valence-corrected chi connectivity index (χ2v) is 7.31. The van der Waals surface area contributed by atoms with Crippen molar-refractivity contribution >= 4 is 10.0 Å². The second-order valence-electron chi connectivity index (χ2n) is 5.44. The van der Waals surface area contributed by atoms with Crippen molar-refractivity contribution in [2.24, 2.45) is 14.1 Å². The first-order valence-corrected chi connectivity index (χ1v) is 8.49. The summed E-state index contributed by atoms with van der Waals surface area (Å²) in [5, 5.41) is 0. The van der Waals surface area contributed by atoms with E-state index in [0.717, 1.165) is 30.3 Å². The standard InChI is InChI=1S/C13H21N3O4S/c1-10-11(12(17)15(3)13(18)14(10)2)21(19,20)16-8-6-4-5-7-9-16/h4-9H2,1-3H3. The molecule has 0 bridgehead atoms. The fourth-order valence-corrected chi connectivity index (χ4v) is 4.49. The number of nitrogens with zero attached hydrogens (tertiary/aromatic N) is 3. The zero-order valence-corrected chi connectivity index (χ0v) is 13.4. The Hall–Kier alpha value is -1.41. The van der Waals surface area contributed by atoms with Gasteiger partial charge in [-0.15, -0.1) is 0 Å². The Bertz CT molecular complexity index is 753. The van der Waals surface area contributed by atoms with Gasteiger partial charge < -0.3 is 0 Å². The minimum atomic E-state index is -3.87. The lowest BCUT2D eigenvalue weighted by Gasteiger charge is -2.21. The Morgan fingerprint density at radius 2 is 1.43 bits per heavy atom. The van der Waals surface area contributed by atoms with Crippen molar-refractivity contribution in [3.05, 3.63) is 26.5 Å². The summed E-state index contributed by atoms with van der Waals surface area (Å²) in [5.74, 6) is 0. The highest BCUT2D eigenvalue weighted by atomic mass is 32.2. The summed E-state index contributed by atoms with van der Waals surface area (Å²) in [7, 11) is -1.10. The van der Waals surface area contributed by atoms with Gasteiger partial charge in [-0.2, -0.15) is 4.31 Å². The van der Waals surface area contributed by atoms with Gasteiger partial charge in [0.05, 0.1) is 0 Å². The molecule has 8 heteroatoms. The third-order valence-corrected chi connectivity index (χ3v) is 6.10. The van der Waals surface area contributed by atoms with Crippen LogP contribution in [0.2, 0.25) is 0 Å². The van der Waals surface area contributed by atoms with Gasteiger partial charge in [-0.05, 0) is 19.8 Å². The molecule has 2 heterocycles. The molecule has 1 aromatic rings. The molecule has 21 heavy (non-hydrogen) atoms. The van der Waals surface area contributed by atoms with Crippen molar-refractivity contribution in [2.45, 2.75) is 37.5 Å². The fraction of sp³-hybridized carbons (Fsp3) is 0.692. The molecule has 118 valence electrons. The average molecular weight is 315 g/mol. The third kappa shape index (κ3) is 2.69. The quantitative estimate of drug-likeness (QED) is 0.767. The van der Waals surface area contributed by atoms with Crippen LogP contribution in [0.3, 0.4) is 0 Å². The Kier molecular flexibility index (Phi) is 4.38. The van der Waals surface area contributed by atoms with Crippen molar-refractivity contribution in [3.8, 4) is 0 Å². The monoisotopic (exact) mass is 315 g/mol. The Morgan fingerprint density at radius 1 is 0.905 bits per heavy atom. The SMILES string of the molecule is Cc1c(S(=O)(=O)N2CCCCCC2)c(=O)n(C)c(=O)n1C. The summed E-state index contributed by atoms with van der Waals surface area (Å²) in [6.07, 6.45) is 3.58. The highest BCUT2D eigenvalue weighted by Gasteiger charge is 2.31. The highest BCUT2D eigenvalue weighted by Crippen LogP contribution is 2.19. The molecule has 0 aromatic carbocycles. The normalized spacial score (nSPS) is 17.7. The fourth-order valence-electron chi connectivity index (χ4n) is 2.62. The van der Waals surface area contributed by atoms with Gasteiger partial charge in [-0.25, -0.2) is 13.2 Å². The predicted molar refractivity (Wildman–Crippen MR) is 78.9 cm³/mol. The molecule has 0 unspecified atom stereocenters. The Labute approximate surface area is 123 Å². The van der Waals surface area contributed by atoms with Gasteiger partial charge in [-0.1, -0.05) is 12.8 Å². The summed E-state index contributed by atoms with van der Waals surface area (Å²) in [6.45, 7) is 2.34. The zero-order chi connectivity index (χ0) is 15.8. The van der Waals surface area contributed by atoms with Crippen LogP contribution >= 0.6 is 0 Å². The van der Waals surface area contributed by atoms with Crippen LogP contribution < -0.4 is 11.2 Å². The molecule has 2 rings (SSSR count). The Balaban J connectivity index is 2.65. The Morgan fingerprint density at radius 3 is 1.95 bits per heavy atom. The lowest BCUT2D eigenvalue weighted by atomic mass is 10.2. The maximum Gasteiger partial charge on any atom is 0.330 e. The molecule has 1 fully saturated rings. The number of hydrogen-bond acceptors (Lipinski definition) is 4. The molecule has 0 amide bonds. The first-order chi connectivity index (χ1) is 9.78. The molecule has 0 spiro atoms. The highest BCUT2D eigenvalue weighted by molar-refractivity contribution is 7.89. The lowest BCUT2D eigenvalue weighted by molar-refractivity contribution is 0.420. The van der Waals surface area contributed by atoms with Crippen LogP contribution in [0.15, 0.2) is 14.5 Å². The number of sulfonamides is 1. The van der Waals surface area contributed by atoms with E-state index in [-0.39, 0.29) is 10.6 Å². The predicted octanol–water partition coefficient (Wildman–Crippen LogP) is -0.0429. The van der Waals surface area contributed by atoms with Crippen molar-refractivity contribution in [2.75, 3.05) is 13.1 Å². The smallest absolute Gasteiger partial charge is 0.300 e. The van der Waals surface area contributed by atoms with Crippen molar-refractivity contribution in [1.82, 2.24) is 13.4 Å². The average Bonchev–Trinajstić information content (AvgIpc) is 2.72. The summed E-state index contributed by atoms with van der Waals surface area (Å²) in [5.41, 5.74) is -1.08. The van der Waals surface area contributed by atoms with E-state index in [4.69, 9.17) is 0 Å². The van der Waals surface area contributed by atoms with Gasteiger partial charge in [0.2, 0.25) is 10.0 Å². The first-order valence-electron chi connectivity index (χ1n) is 7.05. The van der Waals surface area contributed by atoms with E-state index in [9.17, 15) is 18.0 Å². The summed E-state index contributed by atoms with van der Waals surface area (Å²) in [6, 6.07) is 0. The van der Waals surface area contributed by atoms with E-state index >= 15 is 0 Å². The van der Waals surface area contributed by atoms with Crippen LogP contribution in [0.1, 0.15) is 31.4 Å². The molecule has 1 aromatic heterocycles. The van der Waals surface area contributed by atoms with Gasteiger partial charge in [0.15, 0.2) is 4.90 Å². The second kappa shape index (κ2) is 5.76. The van der Waals surface area contributed by atoms with E-state index < -0.39 is 21.3 Å². The topological polar surface area (TPSA) is 81.4 Å². The molecule has 7 nitrogen and oxygen atoms in total. The number of hydrogen-bond donors (Lipinski definition) is 0. The summed E-state index contributed by atoms with van der Waals surface area (Å²) in [4.78, 5) is 23.8. The third-order valence-electron chi connectivity index (χ3n) is 4.07. The van der Waals surface area contributed by atoms with Crippen LogP contribution in [0.4, 0.5) is 0 Å². The molecule has 0 atom stereocenters. The molecule has 0 N–H and O–H groups in total. The minimum Gasteiger partial charge on any atom is -0.300 e. The maximum absolute atomic E-state index is 12.8. The van der Waals surface area contributed by atoms with E-state index in [1.165, 1.54) is 29.9 Å². The van der Waals surface area contributed by atoms with Crippen LogP contribution in [0.5, 0.6) is 0 Å². The molecular weight excluding hydrogens is 294 g/mol. The van der Waals surface area contributed by atoms with Crippen LogP contribution in [-0.4, -0.2) is 34.9 Å². The molecule has 0 aliphatic carbocycles. The van der Waals surface area contributed by atoms with Crippen molar-refractivity contribution < 1.29 is 8.42 Å². The van der Waals surface area contributed by atoms with Crippen molar-refractivity contribution in [3.63, 3.8) is 0 Å². The van der Waals surface area contributed by atoms with Crippen LogP contribution in [-0.2, 0) is 24.1 Å². The maximum atomic E-state index is 12.8. The number of aromatic nitrogens is 2. The van der Waals surface area contributed by atoms with Gasteiger partial charge in [0.1, 0.15) is 0 Å². The largest absolute Gasteiger partial charge is 0.330 e. The first kappa shape index (κ1) is 16.0.